The van der Waals surface area contributed by atoms with E-state index in [1.807, 2.05) is 18.4 Å². The molecule has 1 aromatic heterocycles. The number of ether oxygens (including phenoxy) is 1. The van der Waals surface area contributed by atoms with Gasteiger partial charge in [-0.05, 0) is 30.9 Å². The molecule has 0 spiro atoms. The summed E-state index contributed by atoms with van der Waals surface area (Å²) >= 11 is 1.53. The number of hydrogen-bond donors (Lipinski definition) is 0. The Bertz CT molecular complexity index is 346. The fourth-order valence-electron chi connectivity index (χ4n) is 1.14. The molecule has 0 aliphatic carbocycles. The maximum atomic E-state index is 11.6. The summed E-state index contributed by atoms with van der Waals surface area (Å²) in [6.07, 6.45) is 1.37. The average Bonchev–Trinajstić information content (AvgIpc) is 2.61. The van der Waals surface area contributed by atoms with Gasteiger partial charge in [-0.1, -0.05) is 6.08 Å². The first kappa shape index (κ1) is 11.8. The van der Waals surface area contributed by atoms with Crippen LogP contribution in [-0.2, 0) is 4.74 Å². The monoisotopic (exact) mass is 225 g/mol. The van der Waals surface area contributed by atoms with Crippen LogP contribution in [0.1, 0.15) is 12.5 Å². The van der Waals surface area contributed by atoms with Gasteiger partial charge in [-0.15, -0.1) is 17.9 Å². The minimum Gasteiger partial charge on any atom is -0.449 e. The van der Waals surface area contributed by atoms with Crippen LogP contribution in [0.25, 0.3) is 0 Å². The van der Waals surface area contributed by atoms with Crippen molar-refractivity contribution in [2.45, 2.75) is 13.8 Å². The van der Waals surface area contributed by atoms with Crippen LogP contribution < -0.4 is 4.90 Å². The molecule has 1 heterocycles. The smallest absolute Gasteiger partial charge is 0.415 e. The van der Waals surface area contributed by atoms with Gasteiger partial charge < -0.3 is 4.74 Å². The summed E-state index contributed by atoms with van der Waals surface area (Å²) in [5.41, 5.74) is 1.15. The highest BCUT2D eigenvalue weighted by Crippen LogP contribution is 2.24. The van der Waals surface area contributed by atoms with Gasteiger partial charge in [0.1, 0.15) is 5.00 Å². The number of aryl methyl sites for hydroxylation is 1. The molecule has 0 saturated carbocycles. The van der Waals surface area contributed by atoms with E-state index >= 15 is 0 Å². The zero-order valence-corrected chi connectivity index (χ0v) is 9.84. The Morgan fingerprint density at radius 1 is 1.73 bits per heavy atom. The van der Waals surface area contributed by atoms with Crippen molar-refractivity contribution >= 4 is 22.4 Å². The molecule has 1 rings (SSSR count). The van der Waals surface area contributed by atoms with Crippen molar-refractivity contribution in [3.63, 3.8) is 0 Å². The van der Waals surface area contributed by atoms with E-state index in [9.17, 15) is 4.79 Å². The van der Waals surface area contributed by atoms with Crippen LogP contribution in [0.5, 0.6) is 0 Å². The summed E-state index contributed by atoms with van der Waals surface area (Å²) in [4.78, 5) is 13.2. The van der Waals surface area contributed by atoms with E-state index in [2.05, 4.69) is 6.58 Å². The molecule has 82 valence electrons. The second-order valence-electron chi connectivity index (χ2n) is 3.06. The van der Waals surface area contributed by atoms with Gasteiger partial charge in [0.25, 0.3) is 0 Å². The molecule has 0 fully saturated rings. The highest BCUT2D eigenvalue weighted by molar-refractivity contribution is 7.14. The van der Waals surface area contributed by atoms with E-state index in [1.54, 1.807) is 17.9 Å². The van der Waals surface area contributed by atoms with Crippen molar-refractivity contribution in [1.82, 2.24) is 0 Å². The van der Waals surface area contributed by atoms with E-state index in [1.165, 1.54) is 11.3 Å². The normalized spacial score (nSPS) is 9.73. The van der Waals surface area contributed by atoms with Gasteiger partial charge in [-0.3, -0.25) is 4.90 Å². The summed E-state index contributed by atoms with van der Waals surface area (Å²) < 4.78 is 4.97. The third-order valence-electron chi connectivity index (χ3n) is 1.78. The molecule has 0 unspecified atom stereocenters. The number of amides is 1. The number of thiophene rings is 1. The van der Waals surface area contributed by atoms with E-state index in [0.29, 0.717) is 13.2 Å². The lowest BCUT2D eigenvalue weighted by molar-refractivity contribution is 0.160. The molecule has 1 amide bonds. The summed E-state index contributed by atoms with van der Waals surface area (Å²) in [5.74, 6) is 0. The highest BCUT2D eigenvalue weighted by Gasteiger charge is 2.16. The topological polar surface area (TPSA) is 29.5 Å². The number of rotatable bonds is 4. The summed E-state index contributed by atoms with van der Waals surface area (Å²) in [6, 6.07) is 1.96. The third kappa shape index (κ3) is 3.09. The summed E-state index contributed by atoms with van der Waals surface area (Å²) in [6.45, 7) is 8.28. The largest absolute Gasteiger partial charge is 0.449 e. The Labute approximate surface area is 94.0 Å². The van der Waals surface area contributed by atoms with Gasteiger partial charge >= 0.3 is 6.09 Å². The van der Waals surface area contributed by atoms with Crippen LogP contribution in [0.4, 0.5) is 9.80 Å². The van der Waals surface area contributed by atoms with Crippen molar-refractivity contribution in [2.24, 2.45) is 0 Å². The molecule has 4 heteroatoms. The Morgan fingerprint density at radius 3 is 2.93 bits per heavy atom. The molecule has 0 radical (unpaired) electrons. The predicted molar refractivity (Wildman–Crippen MR) is 63.6 cm³/mol. The number of anilines is 1. The molecule has 1 aromatic rings. The first-order valence-corrected chi connectivity index (χ1v) is 5.67. The highest BCUT2D eigenvalue weighted by atomic mass is 32.1. The fraction of sp³-hybridized carbons (Fsp3) is 0.364. The Kier molecular flexibility index (Phi) is 4.37. The van der Waals surface area contributed by atoms with E-state index < -0.39 is 0 Å². The van der Waals surface area contributed by atoms with Gasteiger partial charge in [0.2, 0.25) is 0 Å². The van der Waals surface area contributed by atoms with Gasteiger partial charge in [0.15, 0.2) is 0 Å². The van der Waals surface area contributed by atoms with E-state index in [0.717, 1.165) is 10.6 Å². The fourth-order valence-corrected chi connectivity index (χ4v) is 2.05. The maximum absolute atomic E-state index is 11.6. The second-order valence-corrected chi connectivity index (χ2v) is 3.95. The maximum Gasteiger partial charge on any atom is 0.415 e. The van der Waals surface area contributed by atoms with Gasteiger partial charge in [0.05, 0.1) is 6.61 Å². The van der Waals surface area contributed by atoms with Crippen LogP contribution in [-0.4, -0.2) is 19.2 Å². The van der Waals surface area contributed by atoms with Crippen molar-refractivity contribution in [2.75, 3.05) is 18.1 Å². The molecule has 0 aromatic carbocycles. The lowest BCUT2D eigenvalue weighted by Gasteiger charge is -2.17. The first-order valence-electron chi connectivity index (χ1n) is 4.79. The van der Waals surface area contributed by atoms with Crippen LogP contribution in [0, 0.1) is 6.92 Å². The van der Waals surface area contributed by atoms with E-state index in [4.69, 9.17) is 4.74 Å². The van der Waals surface area contributed by atoms with Crippen molar-refractivity contribution in [3.8, 4) is 0 Å². The number of hydrogen-bond acceptors (Lipinski definition) is 3. The third-order valence-corrected chi connectivity index (χ3v) is 2.85. The lowest BCUT2D eigenvalue weighted by Crippen LogP contribution is -2.30. The standard InChI is InChI=1S/C11H15NO2S/c1-4-6-12(11(13)14-5-2)10-7-9(3)8-15-10/h4,7-8H,1,5-6H2,2-3H3. The molecular weight excluding hydrogens is 210 g/mol. The number of nitrogens with zero attached hydrogens (tertiary/aromatic N) is 1. The molecule has 3 nitrogen and oxygen atoms in total. The molecular formula is C11H15NO2S. The quantitative estimate of drug-likeness (QED) is 0.736. The molecule has 0 N–H and O–H groups in total. The molecule has 0 aliphatic heterocycles. The number of carbonyl (C=O) groups is 1. The Morgan fingerprint density at radius 2 is 2.47 bits per heavy atom. The van der Waals surface area contributed by atoms with Crippen molar-refractivity contribution in [3.05, 3.63) is 29.7 Å². The van der Waals surface area contributed by atoms with Gasteiger partial charge in [-0.25, -0.2) is 4.79 Å². The Hall–Kier alpha value is -1.29. The SMILES string of the molecule is C=CCN(C(=O)OCC)c1cc(C)cs1. The molecule has 15 heavy (non-hydrogen) atoms. The molecule has 0 saturated heterocycles. The lowest BCUT2D eigenvalue weighted by atomic mass is 10.4. The molecule has 0 atom stereocenters. The summed E-state index contributed by atoms with van der Waals surface area (Å²) in [7, 11) is 0. The zero-order chi connectivity index (χ0) is 11.3. The predicted octanol–water partition coefficient (Wildman–Crippen LogP) is 3.21. The average molecular weight is 225 g/mol. The zero-order valence-electron chi connectivity index (χ0n) is 9.03. The van der Waals surface area contributed by atoms with Crippen LogP contribution in [0.3, 0.4) is 0 Å². The van der Waals surface area contributed by atoms with Crippen LogP contribution in [0.15, 0.2) is 24.1 Å². The molecule has 0 bridgehead atoms. The summed E-state index contributed by atoms with van der Waals surface area (Å²) in [5, 5.41) is 2.90. The minimum absolute atomic E-state index is 0.320. The van der Waals surface area contributed by atoms with Crippen molar-refractivity contribution in [1.29, 1.82) is 0 Å². The second kappa shape index (κ2) is 5.56. The number of carbonyl (C=O) groups excluding carboxylic acids is 1. The van der Waals surface area contributed by atoms with E-state index in [-0.39, 0.29) is 6.09 Å². The van der Waals surface area contributed by atoms with Crippen molar-refractivity contribution < 1.29 is 9.53 Å². The Balaban J connectivity index is 2.82. The minimum atomic E-state index is -0.320. The van der Waals surface area contributed by atoms with Gasteiger partial charge in [-0.2, -0.15) is 0 Å². The van der Waals surface area contributed by atoms with Crippen LogP contribution in [0.2, 0.25) is 0 Å². The van der Waals surface area contributed by atoms with Crippen LogP contribution >= 0.6 is 11.3 Å². The van der Waals surface area contributed by atoms with Gasteiger partial charge in [0, 0.05) is 6.54 Å². The first-order chi connectivity index (χ1) is 7.19. The molecule has 0 aliphatic rings.